The van der Waals surface area contributed by atoms with Crippen LogP contribution in [0.15, 0.2) is 42.6 Å². The maximum Gasteiger partial charge on any atom is 0.273 e. The Bertz CT molecular complexity index is 735. The van der Waals surface area contributed by atoms with Crippen molar-refractivity contribution >= 4 is 22.4 Å². The van der Waals surface area contributed by atoms with Crippen LogP contribution in [0.1, 0.15) is 10.5 Å². The Morgan fingerprint density at radius 1 is 1.24 bits per heavy atom. The molecule has 0 saturated heterocycles. The zero-order chi connectivity index (χ0) is 14.7. The molecule has 0 radical (unpaired) electrons. The highest BCUT2D eigenvalue weighted by Gasteiger charge is 2.11. The molecule has 6 nitrogen and oxygen atoms in total. The highest BCUT2D eigenvalue weighted by atomic mass is 32.1. The number of rotatable bonds is 4. The monoisotopic (exact) mass is 300 g/mol. The van der Waals surface area contributed by atoms with Crippen LogP contribution in [0.4, 0.5) is 5.13 Å². The number of hydrogen-bond donors (Lipinski definition) is 2. The Balaban J connectivity index is 1.75. The number of carbonyl (C=O) groups excluding carboxylic acids is 1. The van der Waals surface area contributed by atoms with Gasteiger partial charge in [0.1, 0.15) is 16.5 Å². The fraction of sp³-hybridized carbons (Fsp3) is 0.0714. The van der Waals surface area contributed by atoms with Crippen molar-refractivity contribution in [3.8, 4) is 16.3 Å². The Labute approximate surface area is 124 Å². The van der Waals surface area contributed by atoms with E-state index in [2.05, 4.69) is 20.5 Å². The highest BCUT2D eigenvalue weighted by Crippen LogP contribution is 2.27. The number of carbonyl (C=O) groups is 1. The Hall–Kier alpha value is -2.67. The van der Waals surface area contributed by atoms with Crippen molar-refractivity contribution in [1.82, 2.24) is 15.2 Å². The first-order chi connectivity index (χ1) is 10.3. The van der Waals surface area contributed by atoms with Gasteiger partial charge in [-0.3, -0.25) is 10.1 Å². The molecule has 0 unspecified atom stereocenters. The van der Waals surface area contributed by atoms with Crippen molar-refractivity contribution in [3.05, 3.63) is 48.3 Å². The Kier molecular flexibility index (Phi) is 3.65. The number of hydrogen-bond acceptors (Lipinski definition) is 5. The van der Waals surface area contributed by atoms with Gasteiger partial charge in [0.2, 0.25) is 5.13 Å². The third kappa shape index (κ3) is 2.92. The SMILES string of the molecule is COc1ccc(-c2nnc(NC(=O)c3ccc[nH]3)s2)cc1. The summed E-state index contributed by atoms with van der Waals surface area (Å²) in [4.78, 5) is 14.7. The summed E-state index contributed by atoms with van der Waals surface area (Å²) in [7, 11) is 1.62. The molecule has 2 aromatic heterocycles. The van der Waals surface area contributed by atoms with Gasteiger partial charge in [0.15, 0.2) is 0 Å². The molecule has 0 fully saturated rings. The minimum Gasteiger partial charge on any atom is -0.497 e. The zero-order valence-corrected chi connectivity index (χ0v) is 12.0. The minimum atomic E-state index is -0.238. The first-order valence-corrected chi connectivity index (χ1v) is 7.00. The van der Waals surface area contributed by atoms with E-state index < -0.39 is 0 Å². The molecule has 0 aliphatic rings. The molecular weight excluding hydrogens is 288 g/mol. The van der Waals surface area contributed by atoms with E-state index in [1.165, 1.54) is 11.3 Å². The number of benzene rings is 1. The second kappa shape index (κ2) is 5.76. The summed E-state index contributed by atoms with van der Waals surface area (Å²) in [5.74, 6) is 0.543. The van der Waals surface area contributed by atoms with Gasteiger partial charge < -0.3 is 9.72 Å². The maximum absolute atomic E-state index is 11.9. The van der Waals surface area contributed by atoms with Crippen LogP contribution in [0.5, 0.6) is 5.75 Å². The molecule has 106 valence electrons. The zero-order valence-electron chi connectivity index (χ0n) is 11.2. The van der Waals surface area contributed by atoms with E-state index in [0.29, 0.717) is 10.8 Å². The lowest BCUT2D eigenvalue weighted by molar-refractivity contribution is 0.102. The van der Waals surface area contributed by atoms with Crippen LogP contribution in [-0.4, -0.2) is 28.2 Å². The minimum absolute atomic E-state index is 0.238. The Morgan fingerprint density at radius 2 is 2.05 bits per heavy atom. The maximum atomic E-state index is 11.9. The second-order valence-electron chi connectivity index (χ2n) is 4.18. The summed E-state index contributed by atoms with van der Waals surface area (Å²) >= 11 is 1.32. The molecule has 0 bridgehead atoms. The third-order valence-electron chi connectivity index (χ3n) is 2.83. The van der Waals surface area contributed by atoms with Crippen LogP contribution in [0.3, 0.4) is 0 Å². The molecule has 0 aliphatic carbocycles. The van der Waals surface area contributed by atoms with Gasteiger partial charge in [-0.2, -0.15) is 0 Å². The second-order valence-corrected chi connectivity index (χ2v) is 5.16. The van der Waals surface area contributed by atoms with E-state index in [0.717, 1.165) is 16.3 Å². The summed E-state index contributed by atoms with van der Waals surface area (Å²) in [5.41, 5.74) is 1.41. The predicted octanol–water partition coefficient (Wildman–Crippen LogP) is 2.79. The molecule has 3 rings (SSSR count). The number of aromatic amines is 1. The van der Waals surface area contributed by atoms with E-state index in [-0.39, 0.29) is 5.91 Å². The van der Waals surface area contributed by atoms with Crippen molar-refractivity contribution in [2.75, 3.05) is 12.4 Å². The average molecular weight is 300 g/mol. The molecule has 3 aromatic rings. The number of aromatic nitrogens is 3. The van der Waals surface area contributed by atoms with Crippen LogP contribution >= 0.6 is 11.3 Å². The molecular formula is C14H12N4O2S. The van der Waals surface area contributed by atoms with Gasteiger partial charge in [-0.25, -0.2) is 0 Å². The van der Waals surface area contributed by atoms with Gasteiger partial charge in [-0.15, -0.1) is 10.2 Å². The number of anilines is 1. The van der Waals surface area contributed by atoms with E-state index in [4.69, 9.17) is 4.74 Å². The largest absolute Gasteiger partial charge is 0.497 e. The Morgan fingerprint density at radius 3 is 2.71 bits per heavy atom. The van der Waals surface area contributed by atoms with E-state index in [1.54, 1.807) is 25.4 Å². The van der Waals surface area contributed by atoms with E-state index in [1.807, 2.05) is 24.3 Å². The van der Waals surface area contributed by atoms with Crippen LogP contribution < -0.4 is 10.1 Å². The number of methoxy groups -OCH3 is 1. The topological polar surface area (TPSA) is 79.9 Å². The van der Waals surface area contributed by atoms with Gasteiger partial charge in [-0.1, -0.05) is 11.3 Å². The van der Waals surface area contributed by atoms with Crippen molar-refractivity contribution in [2.24, 2.45) is 0 Å². The quantitative estimate of drug-likeness (QED) is 0.776. The van der Waals surface area contributed by atoms with Gasteiger partial charge >= 0.3 is 0 Å². The standard InChI is InChI=1S/C14H12N4O2S/c1-20-10-6-4-9(5-7-10)13-17-18-14(21-13)16-12(19)11-3-2-8-15-11/h2-8,15H,1H3,(H,16,18,19). The fourth-order valence-electron chi connectivity index (χ4n) is 1.76. The van der Waals surface area contributed by atoms with Crippen LogP contribution in [-0.2, 0) is 0 Å². The molecule has 0 atom stereocenters. The number of amides is 1. The molecule has 2 heterocycles. The molecule has 1 aromatic carbocycles. The molecule has 0 saturated carbocycles. The van der Waals surface area contributed by atoms with Crippen molar-refractivity contribution in [1.29, 1.82) is 0 Å². The average Bonchev–Trinajstić information content (AvgIpc) is 3.19. The van der Waals surface area contributed by atoms with Gasteiger partial charge in [0.05, 0.1) is 7.11 Å². The number of H-pyrrole nitrogens is 1. The molecule has 7 heteroatoms. The first-order valence-electron chi connectivity index (χ1n) is 6.19. The lowest BCUT2D eigenvalue weighted by Gasteiger charge is -1.99. The van der Waals surface area contributed by atoms with Crippen LogP contribution in [0, 0.1) is 0 Å². The van der Waals surface area contributed by atoms with Gasteiger partial charge in [-0.05, 0) is 36.4 Å². The molecule has 21 heavy (non-hydrogen) atoms. The molecule has 2 N–H and O–H groups in total. The van der Waals surface area contributed by atoms with Crippen molar-refractivity contribution in [3.63, 3.8) is 0 Å². The summed E-state index contributed by atoms with van der Waals surface area (Å²) in [6, 6.07) is 11.0. The van der Waals surface area contributed by atoms with E-state index >= 15 is 0 Å². The number of nitrogens with one attached hydrogen (secondary N) is 2. The van der Waals surface area contributed by atoms with Gasteiger partial charge in [0.25, 0.3) is 5.91 Å². The van der Waals surface area contributed by atoms with Crippen molar-refractivity contribution in [2.45, 2.75) is 0 Å². The third-order valence-corrected chi connectivity index (χ3v) is 3.71. The lowest BCUT2D eigenvalue weighted by Crippen LogP contribution is -2.11. The summed E-state index contributed by atoms with van der Waals surface area (Å²) in [6.45, 7) is 0. The highest BCUT2D eigenvalue weighted by molar-refractivity contribution is 7.18. The summed E-state index contributed by atoms with van der Waals surface area (Å²) in [6.07, 6.45) is 1.69. The van der Waals surface area contributed by atoms with E-state index in [9.17, 15) is 4.79 Å². The van der Waals surface area contributed by atoms with Crippen LogP contribution in [0.25, 0.3) is 10.6 Å². The summed E-state index contributed by atoms with van der Waals surface area (Å²) in [5, 5.41) is 12.0. The van der Waals surface area contributed by atoms with Gasteiger partial charge in [0, 0.05) is 11.8 Å². The first kappa shape index (κ1) is 13.3. The molecule has 0 spiro atoms. The van der Waals surface area contributed by atoms with Crippen LogP contribution in [0.2, 0.25) is 0 Å². The lowest BCUT2D eigenvalue weighted by atomic mass is 10.2. The fourth-order valence-corrected chi connectivity index (χ4v) is 2.50. The van der Waals surface area contributed by atoms with Crippen molar-refractivity contribution < 1.29 is 9.53 Å². The molecule has 0 aliphatic heterocycles. The number of ether oxygens (including phenoxy) is 1. The number of nitrogens with zero attached hydrogens (tertiary/aromatic N) is 2. The summed E-state index contributed by atoms with van der Waals surface area (Å²) < 4.78 is 5.11. The normalized spacial score (nSPS) is 10.3. The predicted molar refractivity (Wildman–Crippen MR) is 80.6 cm³/mol. The smallest absolute Gasteiger partial charge is 0.273 e. The molecule has 1 amide bonds.